The van der Waals surface area contributed by atoms with Gasteiger partial charge in [-0.15, -0.1) is 23.1 Å². The van der Waals surface area contributed by atoms with E-state index in [0.717, 1.165) is 21.7 Å². The van der Waals surface area contributed by atoms with Crippen LogP contribution in [-0.4, -0.2) is 9.97 Å². The van der Waals surface area contributed by atoms with E-state index in [1.54, 1.807) is 11.8 Å². The quantitative estimate of drug-likeness (QED) is 0.404. The zero-order valence-electron chi connectivity index (χ0n) is 15.6. The number of rotatable bonds is 5. The SMILES string of the molecule is Cc1ccc(C)c(CSCc2nc3scc(-c4ccccc4Cl)c3c(=O)[nH]2)c1. The van der Waals surface area contributed by atoms with Crippen LogP contribution in [0.5, 0.6) is 0 Å². The fourth-order valence-electron chi connectivity index (χ4n) is 3.15. The predicted molar refractivity (Wildman–Crippen MR) is 122 cm³/mol. The molecule has 0 bridgehead atoms. The van der Waals surface area contributed by atoms with Gasteiger partial charge in [0.15, 0.2) is 0 Å². The summed E-state index contributed by atoms with van der Waals surface area (Å²) in [5.74, 6) is 2.27. The van der Waals surface area contributed by atoms with Gasteiger partial charge in [0.05, 0.1) is 11.1 Å². The number of nitrogens with one attached hydrogen (secondary N) is 1. The van der Waals surface area contributed by atoms with Crippen LogP contribution < -0.4 is 5.56 Å². The van der Waals surface area contributed by atoms with E-state index in [9.17, 15) is 4.79 Å². The molecule has 2 heterocycles. The lowest BCUT2D eigenvalue weighted by Crippen LogP contribution is -2.10. The molecule has 0 fully saturated rings. The molecule has 2 aromatic carbocycles. The van der Waals surface area contributed by atoms with Crippen molar-refractivity contribution >= 4 is 44.9 Å². The molecular formula is C22H19ClN2OS2. The fourth-order valence-corrected chi connectivity index (χ4v) is 5.31. The Morgan fingerprint density at radius 1 is 1.11 bits per heavy atom. The number of aryl methyl sites for hydroxylation is 2. The third kappa shape index (κ3) is 3.88. The summed E-state index contributed by atoms with van der Waals surface area (Å²) in [5, 5.41) is 3.21. The highest BCUT2D eigenvalue weighted by atomic mass is 35.5. The zero-order chi connectivity index (χ0) is 19.7. The van der Waals surface area contributed by atoms with Gasteiger partial charge < -0.3 is 4.98 Å². The number of H-pyrrole nitrogens is 1. The molecule has 0 aliphatic heterocycles. The van der Waals surface area contributed by atoms with E-state index in [4.69, 9.17) is 11.6 Å². The van der Waals surface area contributed by atoms with Crippen molar-refractivity contribution in [3.63, 3.8) is 0 Å². The zero-order valence-corrected chi connectivity index (χ0v) is 18.0. The number of aromatic nitrogens is 2. The van der Waals surface area contributed by atoms with Gasteiger partial charge in [0.2, 0.25) is 0 Å². The third-order valence-electron chi connectivity index (χ3n) is 4.66. The average molecular weight is 427 g/mol. The molecule has 0 aliphatic rings. The summed E-state index contributed by atoms with van der Waals surface area (Å²) < 4.78 is 0. The first kappa shape index (κ1) is 19.2. The van der Waals surface area contributed by atoms with Crippen LogP contribution in [0.2, 0.25) is 5.02 Å². The summed E-state index contributed by atoms with van der Waals surface area (Å²) in [4.78, 5) is 21.1. The summed E-state index contributed by atoms with van der Waals surface area (Å²) in [7, 11) is 0. The minimum absolute atomic E-state index is 0.108. The van der Waals surface area contributed by atoms with E-state index in [1.807, 2.05) is 29.6 Å². The number of thioether (sulfide) groups is 1. The van der Waals surface area contributed by atoms with E-state index < -0.39 is 0 Å². The standard InChI is InChI=1S/C22H19ClN2OS2/c1-13-7-8-14(2)15(9-13)10-27-12-19-24-21(26)20-17(11-28-22(20)25-19)16-5-3-4-6-18(16)23/h3-9,11H,10,12H2,1-2H3,(H,24,25,26). The van der Waals surface area contributed by atoms with Gasteiger partial charge in [0.1, 0.15) is 10.7 Å². The highest BCUT2D eigenvalue weighted by molar-refractivity contribution is 7.97. The van der Waals surface area contributed by atoms with E-state index in [-0.39, 0.29) is 5.56 Å². The topological polar surface area (TPSA) is 45.8 Å². The van der Waals surface area contributed by atoms with E-state index in [0.29, 0.717) is 22.0 Å². The van der Waals surface area contributed by atoms with Gasteiger partial charge >= 0.3 is 0 Å². The number of aromatic amines is 1. The van der Waals surface area contributed by atoms with Crippen LogP contribution in [0.25, 0.3) is 21.3 Å². The monoisotopic (exact) mass is 426 g/mol. The van der Waals surface area contributed by atoms with Gasteiger partial charge in [-0.3, -0.25) is 4.79 Å². The molecular weight excluding hydrogens is 408 g/mol. The van der Waals surface area contributed by atoms with E-state index >= 15 is 0 Å². The van der Waals surface area contributed by atoms with Crippen LogP contribution in [0.3, 0.4) is 0 Å². The number of hydrogen-bond donors (Lipinski definition) is 1. The van der Waals surface area contributed by atoms with Crippen molar-refractivity contribution in [3.8, 4) is 11.1 Å². The molecule has 2 aromatic heterocycles. The second-order valence-electron chi connectivity index (χ2n) is 6.74. The van der Waals surface area contributed by atoms with Gasteiger partial charge in [-0.05, 0) is 31.0 Å². The Morgan fingerprint density at radius 3 is 2.75 bits per heavy atom. The van der Waals surface area contributed by atoms with Crippen molar-refractivity contribution in [1.29, 1.82) is 0 Å². The summed E-state index contributed by atoms with van der Waals surface area (Å²) in [5.41, 5.74) is 5.47. The molecule has 3 nitrogen and oxygen atoms in total. The molecule has 28 heavy (non-hydrogen) atoms. The van der Waals surface area contributed by atoms with Crippen molar-refractivity contribution in [2.45, 2.75) is 25.4 Å². The van der Waals surface area contributed by atoms with E-state index in [2.05, 4.69) is 42.0 Å². The first-order valence-corrected chi connectivity index (χ1v) is 11.3. The molecule has 142 valence electrons. The molecule has 0 unspecified atom stereocenters. The summed E-state index contributed by atoms with van der Waals surface area (Å²) in [6, 6.07) is 14.1. The minimum Gasteiger partial charge on any atom is -0.309 e. The number of benzene rings is 2. The molecule has 6 heteroatoms. The fraction of sp³-hybridized carbons (Fsp3) is 0.182. The Balaban J connectivity index is 1.58. The summed E-state index contributed by atoms with van der Waals surface area (Å²) in [6.07, 6.45) is 0. The van der Waals surface area contributed by atoms with Crippen LogP contribution in [0.15, 0.2) is 52.6 Å². The molecule has 0 amide bonds. The van der Waals surface area contributed by atoms with Gasteiger partial charge in [-0.2, -0.15) is 0 Å². The number of thiophene rings is 1. The smallest absolute Gasteiger partial charge is 0.260 e. The highest BCUT2D eigenvalue weighted by Gasteiger charge is 2.14. The van der Waals surface area contributed by atoms with Crippen LogP contribution in [0, 0.1) is 13.8 Å². The van der Waals surface area contributed by atoms with Crippen molar-refractivity contribution in [1.82, 2.24) is 9.97 Å². The molecule has 0 radical (unpaired) electrons. The lowest BCUT2D eigenvalue weighted by Gasteiger charge is -2.07. The van der Waals surface area contributed by atoms with Gasteiger partial charge in [0, 0.05) is 27.3 Å². The largest absolute Gasteiger partial charge is 0.309 e. The van der Waals surface area contributed by atoms with Crippen molar-refractivity contribution in [2.75, 3.05) is 0 Å². The van der Waals surface area contributed by atoms with Crippen LogP contribution in [0.4, 0.5) is 0 Å². The molecule has 4 rings (SSSR count). The van der Waals surface area contributed by atoms with Crippen LogP contribution >= 0.6 is 34.7 Å². The molecule has 0 saturated heterocycles. The molecule has 0 atom stereocenters. The minimum atomic E-state index is -0.108. The predicted octanol–water partition coefficient (Wildman–Crippen LogP) is 6.36. The molecule has 0 spiro atoms. The normalized spacial score (nSPS) is 11.2. The first-order chi connectivity index (χ1) is 13.5. The Morgan fingerprint density at radius 2 is 1.93 bits per heavy atom. The number of halogens is 1. The van der Waals surface area contributed by atoms with E-state index in [1.165, 1.54) is 28.0 Å². The second kappa shape index (κ2) is 8.11. The van der Waals surface area contributed by atoms with Crippen LogP contribution in [-0.2, 0) is 11.5 Å². The van der Waals surface area contributed by atoms with Crippen molar-refractivity contribution in [2.24, 2.45) is 0 Å². The Labute approximate surface area is 176 Å². The second-order valence-corrected chi connectivity index (χ2v) is 9.00. The van der Waals surface area contributed by atoms with Crippen molar-refractivity contribution in [3.05, 3.63) is 85.7 Å². The molecule has 4 aromatic rings. The van der Waals surface area contributed by atoms with Crippen molar-refractivity contribution < 1.29 is 0 Å². The summed E-state index contributed by atoms with van der Waals surface area (Å²) in [6.45, 7) is 4.23. The lowest BCUT2D eigenvalue weighted by atomic mass is 10.1. The summed E-state index contributed by atoms with van der Waals surface area (Å²) >= 11 is 9.56. The number of nitrogens with zero attached hydrogens (tertiary/aromatic N) is 1. The van der Waals surface area contributed by atoms with Gasteiger partial charge in [-0.1, -0.05) is 53.6 Å². The number of fused-ring (bicyclic) bond motifs is 1. The van der Waals surface area contributed by atoms with Gasteiger partial charge in [0.25, 0.3) is 5.56 Å². The molecule has 0 aliphatic carbocycles. The Bertz CT molecular complexity index is 1210. The first-order valence-electron chi connectivity index (χ1n) is 8.92. The Kier molecular flexibility index (Phi) is 5.58. The highest BCUT2D eigenvalue weighted by Crippen LogP contribution is 2.35. The molecule has 0 saturated carbocycles. The number of hydrogen-bond acceptors (Lipinski definition) is 4. The maximum absolute atomic E-state index is 12.8. The Hall–Kier alpha value is -2.08. The molecule has 1 N–H and O–H groups in total. The third-order valence-corrected chi connectivity index (χ3v) is 6.85. The maximum Gasteiger partial charge on any atom is 0.260 e. The van der Waals surface area contributed by atoms with Gasteiger partial charge in [-0.25, -0.2) is 4.98 Å². The lowest BCUT2D eigenvalue weighted by molar-refractivity contribution is 1.04. The average Bonchev–Trinajstić information content (AvgIpc) is 3.09. The van der Waals surface area contributed by atoms with Crippen LogP contribution in [0.1, 0.15) is 22.5 Å². The maximum atomic E-state index is 12.8.